The highest BCUT2D eigenvalue weighted by Gasteiger charge is 2.28. The number of hydrogen-bond acceptors (Lipinski definition) is 5. The molecule has 4 rings (SSSR count). The van der Waals surface area contributed by atoms with Gasteiger partial charge in [0.25, 0.3) is 5.56 Å². The molecule has 3 heterocycles. The second-order valence-electron chi connectivity index (χ2n) is 7.88. The Kier molecular flexibility index (Phi) is 5.79. The van der Waals surface area contributed by atoms with Gasteiger partial charge < -0.3 is 9.88 Å². The molecule has 158 valence electrons. The van der Waals surface area contributed by atoms with Crippen LogP contribution in [0.25, 0.3) is 11.2 Å². The van der Waals surface area contributed by atoms with Crippen molar-refractivity contribution >= 4 is 40.3 Å². The molecule has 1 aliphatic heterocycles. The normalized spacial score (nSPS) is 17.1. The molecule has 2 aromatic heterocycles. The predicted molar refractivity (Wildman–Crippen MR) is 115 cm³/mol. The molecule has 1 N–H and O–H groups in total. The van der Waals surface area contributed by atoms with Gasteiger partial charge in [0.1, 0.15) is 5.82 Å². The molecule has 1 atom stereocenters. The zero-order chi connectivity index (χ0) is 21.4. The third-order valence-electron chi connectivity index (χ3n) is 5.34. The fourth-order valence-corrected chi connectivity index (χ4v) is 4.23. The Morgan fingerprint density at radius 3 is 2.87 bits per heavy atom. The minimum absolute atomic E-state index is 0.0407. The molecule has 1 fully saturated rings. The van der Waals surface area contributed by atoms with Crippen LogP contribution < -0.4 is 5.56 Å². The molecule has 1 aliphatic rings. The number of likely N-dealkylation sites (tertiary alicyclic amines) is 1. The molecule has 1 unspecified atom stereocenters. The van der Waals surface area contributed by atoms with Crippen LogP contribution in [-0.2, 0) is 11.3 Å². The number of H-pyrrole nitrogens is 1. The zero-order valence-electron chi connectivity index (χ0n) is 16.7. The molecule has 10 heteroatoms. The van der Waals surface area contributed by atoms with E-state index in [1.807, 2.05) is 24.8 Å². The molecular weight excluding hydrogens is 427 g/mol. The Morgan fingerprint density at radius 1 is 1.33 bits per heavy atom. The summed E-state index contributed by atoms with van der Waals surface area (Å²) in [5.41, 5.74) is 1.03. The van der Waals surface area contributed by atoms with Gasteiger partial charge in [-0.05, 0) is 30.5 Å². The van der Waals surface area contributed by atoms with Crippen LogP contribution in [-0.4, -0.2) is 48.9 Å². The van der Waals surface area contributed by atoms with Gasteiger partial charge in [-0.2, -0.15) is 0 Å². The number of carbonyl (C=O) groups is 1. The van der Waals surface area contributed by atoms with Crippen LogP contribution in [0, 0.1) is 5.92 Å². The Hall–Kier alpha value is -2.45. The third kappa shape index (κ3) is 4.06. The number of benzene rings is 1. The fourth-order valence-electron chi connectivity index (χ4n) is 3.76. The van der Waals surface area contributed by atoms with E-state index in [-0.39, 0.29) is 28.8 Å². The van der Waals surface area contributed by atoms with Gasteiger partial charge in [0.2, 0.25) is 5.91 Å². The first-order chi connectivity index (χ1) is 14.3. The summed E-state index contributed by atoms with van der Waals surface area (Å²) in [5, 5.41) is 9.13. The van der Waals surface area contributed by atoms with E-state index in [0.29, 0.717) is 34.6 Å². The fraction of sp³-hybridized carbons (Fsp3) is 0.450. The quantitative estimate of drug-likeness (QED) is 0.660. The molecule has 0 saturated carbocycles. The minimum atomic E-state index is -0.337. The van der Waals surface area contributed by atoms with Crippen molar-refractivity contribution in [3.63, 3.8) is 0 Å². The molecule has 8 nitrogen and oxygen atoms in total. The van der Waals surface area contributed by atoms with E-state index in [9.17, 15) is 9.59 Å². The summed E-state index contributed by atoms with van der Waals surface area (Å²) in [5.74, 6) is 0.570. The highest BCUT2D eigenvalue weighted by Crippen LogP contribution is 2.26. The summed E-state index contributed by atoms with van der Waals surface area (Å²) >= 11 is 12.3. The van der Waals surface area contributed by atoms with E-state index < -0.39 is 0 Å². The first-order valence-corrected chi connectivity index (χ1v) is 10.6. The van der Waals surface area contributed by atoms with Crippen LogP contribution in [0.2, 0.25) is 10.0 Å². The van der Waals surface area contributed by atoms with Gasteiger partial charge in [-0.15, -0.1) is 5.10 Å². The summed E-state index contributed by atoms with van der Waals surface area (Å²) in [6.07, 6.45) is 1.71. The Bertz CT molecular complexity index is 1160. The standard InChI is InChI=1S/C20H22Cl2N6O2/c1-11(2)20(30)27-7-3-4-13(9-27)17-23-18-16(19(29)24-17)25-26-28(18)10-12-5-6-14(21)8-15(12)22/h5-6,8,11,13H,3-4,7,9-10H2,1-2H3,(H,23,24,29). The third-order valence-corrected chi connectivity index (χ3v) is 5.93. The summed E-state index contributed by atoms with van der Waals surface area (Å²) in [6.45, 7) is 5.37. The molecule has 0 radical (unpaired) electrons. The summed E-state index contributed by atoms with van der Waals surface area (Å²) in [6, 6.07) is 5.21. The van der Waals surface area contributed by atoms with Gasteiger partial charge in [-0.3, -0.25) is 9.59 Å². The van der Waals surface area contributed by atoms with Crippen molar-refractivity contribution in [3.8, 4) is 0 Å². The molecule has 0 spiro atoms. The van der Waals surface area contributed by atoms with E-state index in [4.69, 9.17) is 23.2 Å². The average Bonchev–Trinajstić information content (AvgIpc) is 3.13. The number of fused-ring (bicyclic) bond motifs is 1. The number of amides is 1. The molecule has 0 aliphatic carbocycles. The van der Waals surface area contributed by atoms with Gasteiger partial charge >= 0.3 is 0 Å². The second-order valence-corrected chi connectivity index (χ2v) is 8.73. The second kappa shape index (κ2) is 8.35. The van der Waals surface area contributed by atoms with Crippen molar-refractivity contribution in [1.29, 1.82) is 0 Å². The molecule has 0 bridgehead atoms. The van der Waals surface area contributed by atoms with Crippen molar-refractivity contribution in [3.05, 3.63) is 50.0 Å². The number of nitrogens with zero attached hydrogens (tertiary/aromatic N) is 5. The molecule has 3 aromatic rings. The van der Waals surface area contributed by atoms with Crippen LogP contribution in [0.1, 0.15) is 44.0 Å². The number of carbonyl (C=O) groups excluding carboxylic acids is 1. The number of aromatic nitrogens is 5. The maximum Gasteiger partial charge on any atom is 0.281 e. The SMILES string of the molecule is CC(C)C(=O)N1CCCC(c2nc3c(nnn3Cc3ccc(Cl)cc3Cl)c(=O)[nH]2)C1. The van der Waals surface area contributed by atoms with Crippen molar-refractivity contribution < 1.29 is 4.79 Å². The molecule has 30 heavy (non-hydrogen) atoms. The topological polar surface area (TPSA) is 96.8 Å². The van der Waals surface area contributed by atoms with Crippen LogP contribution in [0.3, 0.4) is 0 Å². The lowest BCUT2D eigenvalue weighted by Crippen LogP contribution is -2.41. The van der Waals surface area contributed by atoms with Crippen LogP contribution in [0.4, 0.5) is 0 Å². The lowest BCUT2D eigenvalue weighted by Gasteiger charge is -2.33. The number of piperidine rings is 1. The Balaban J connectivity index is 1.66. The largest absolute Gasteiger partial charge is 0.342 e. The molecular formula is C20H22Cl2N6O2. The van der Waals surface area contributed by atoms with Crippen molar-refractivity contribution in [1.82, 2.24) is 29.9 Å². The lowest BCUT2D eigenvalue weighted by molar-refractivity contribution is -0.135. The van der Waals surface area contributed by atoms with Crippen LogP contribution >= 0.6 is 23.2 Å². The number of aromatic amines is 1. The summed E-state index contributed by atoms with van der Waals surface area (Å²) in [4.78, 5) is 34.4. The summed E-state index contributed by atoms with van der Waals surface area (Å²) in [7, 11) is 0. The highest BCUT2D eigenvalue weighted by molar-refractivity contribution is 6.35. The first-order valence-electron chi connectivity index (χ1n) is 9.89. The Morgan fingerprint density at radius 2 is 2.13 bits per heavy atom. The van der Waals surface area contributed by atoms with Gasteiger partial charge in [-0.1, -0.05) is 48.3 Å². The van der Waals surface area contributed by atoms with Crippen LogP contribution in [0.5, 0.6) is 0 Å². The van der Waals surface area contributed by atoms with Crippen LogP contribution in [0.15, 0.2) is 23.0 Å². The van der Waals surface area contributed by atoms with Gasteiger partial charge in [0.15, 0.2) is 11.2 Å². The summed E-state index contributed by atoms with van der Waals surface area (Å²) < 4.78 is 1.56. The number of halogens is 2. The zero-order valence-corrected chi connectivity index (χ0v) is 18.2. The van der Waals surface area contributed by atoms with E-state index in [1.54, 1.807) is 16.8 Å². The smallest absolute Gasteiger partial charge is 0.281 e. The van der Waals surface area contributed by atoms with E-state index in [2.05, 4.69) is 20.3 Å². The predicted octanol–water partition coefficient (Wildman–Crippen LogP) is 3.23. The van der Waals surface area contributed by atoms with Gasteiger partial charge in [0, 0.05) is 35.0 Å². The monoisotopic (exact) mass is 448 g/mol. The maximum atomic E-state index is 12.6. The lowest BCUT2D eigenvalue weighted by atomic mass is 9.96. The number of nitrogens with one attached hydrogen (secondary N) is 1. The minimum Gasteiger partial charge on any atom is -0.342 e. The van der Waals surface area contributed by atoms with Crippen molar-refractivity contribution in [2.45, 2.75) is 39.2 Å². The molecule has 1 amide bonds. The average molecular weight is 449 g/mol. The van der Waals surface area contributed by atoms with Crippen molar-refractivity contribution in [2.75, 3.05) is 13.1 Å². The first kappa shape index (κ1) is 20.8. The highest BCUT2D eigenvalue weighted by atomic mass is 35.5. The van der Waals surface area contributed by atoms with Gasteiger partial charge in [0.05, 0.1) is 6.54 Å². The Labute approximate surface area is 183 Å². The van der Waals surface area contributed by atoms with E-state index >= 15 is 0 Å². The van der Waals surface area contributed by atoms with E-state index in [0.717, 1.165) is 24.9 Å². The van der Waals surface area contributed by atoms with Gasteiger partial charge in [-0.25, -0.2) is 9.67 Å². The maximum absolute atomic E-state index is 12.6. The number of hydrogen-bond donors (Lipinski definition) is 1. The number of rotatable bonds is 4. The molecule has 1 aromatic carbocycles. The van der Waals surface area contributed by atoms with Crippen molar-refractivity contribution in [2.24, 2.45) is 5.92 Å². The molecule has 1 saturated heterocycles. The van der Waals surface area contributed by atoms with E-state index in [1.165, 1.54) is 0 Å².